The number of carbonyl (C=O) groups is 1. The monoisotopic (exact) mass is 372 g/mol. The van der Waals surface area contributed by atoms with E-state index in [0.29, 0.717) is 6.42 Å². The Morgan fingerprint density at radius 3 is 2.44 bits per heavy atom. The molecule has 4 atom stereocenters. The molecule has 134 valence electrons. The summed E-state index contributed by atoms with van der Waals surface area (Å²) in [6.07, 6.45) is 0.565. The highest BCUT2D eigenvalue weighted by Crippen LogP contribution is 2.63. The SMILES string of the molecule is CC(=O)[C@@H]1C[C@]2(C(C#N)C#N)c3ccccc3SC[C@@H]2[C@H]1c1ccccc1. The molecule has 27 heavy (non-hydrogen) atoms. The largest absolute Gasteiger partial charge is 0.300 e. The minimum absolute atomic E-state index is 0.0359. The Kier molecular flexibility index (Phi) is 4.54. The third kappa shape index (κ3) is 2.59. The predicted octanol–water partition coefficient (Wildman–Crippen LogP) is 4.70. The average Bonchev–Trinajstić information content (AvgIpc) is 3.06. The lowest BCUT2D eigenvalue weighted by atomic mass is 9.63. The van der Waals surface area contributed by atoms with Gasteiger partial charge in [-0.2, -0.15) is 10.5 Å². The van der Waals surface area contributed by atoms with Crippen LogP contribution in [0.15, 0.2) is 59.5 Å². The van der Waals surface area contributed by atoms with Crippen molar-refractivity contribution in [3.8, 4) is 12.1 Å². The van der Waals surface area contributed by atoms with Crippen molar-refractivity contribution >= 4 is 17.5 Å². The van der Waals surface area contributed by atoms with Crippen LogP contribution in [-0.2, 0) is 10.2 Å². The quantitative estimate of drug-likeness (QED) is 0.783. The zero-order chi connectivity index (χ0) is 19.0. The van der Waals surface area contributed by atoms with Crippen LogP contribution >= 0.6 is 11.8 Å². The lowest BCUT2D eigenvalue weighted by molar-refractivity contribution is -0.121. The second-order valence-corrected chi connectivity index (χ2v) is 8.56. The number of nitrogens with zero attached hydrogens (tertiary/aromatic N) is 2. The fourth-order valence-corrected chi connectivity index (χ4v) is 6.70. The summed E-state index contributed by atoms with van der Waals surface area (Å²) in [5, 5.41) is 19.7. The van der Waals surface area contributed by atoms with Gasteiger partial charge >= 0.3 is 0 Å². The third-order valence-corrected chi connectivity index (χ3v) is 7.57. The van der Waals surface area contributed by atoms with Gasteiger partial charge in [0.05, 0.1) is 12.1 Å². The first-order valence-corrected chi connectivity index (χ1v) is 10.2. The number of ketones is 1. The van der Waals surface area contributed by atoms with E-state index in [4.69, 9.17) is 0 Å². The van der Waals surface area contributed by atoms with Gasteiger partial charge in [0.1, 0.15) is 11.7 Å². The Balaban J connectivity index is 1.96. The fourth-order valence-electron chi connectivity index (χ4n) is 5.24. The van der Waals surface area contributed by atoms with E-state index in [9.17, 15) is 15.3 Å². The number of hydrogen-bond donors (Lipinski definition) is 0. The maximum atomic E-state index is 12.7. The first-order valence-electron chi connectivity index (χ1n) is 9.20. The summed E-state index contributed by atoms with van der Waals surface area (Å²) in [5.74, 6) is 0.148. The molecule has 0 spiro atoms. The van der Waals surface area contributed by atoms with Crippen LogP contribution in [0.4, 0.5) is 0 Å². The molecule has 4 rings (SSSR count). The predicted molar refractivity (Wildman–Crippen MR) is 105 cm³/mol. The molecule has 0 bridgehead atoms. The summed E-state index contributed by atoms with van der Waals surface area (Å²) in [6.45, 7) is 1.65. The molecule has 2 aliphatic rings. The zero-order valence-corrected chi connectivity index (χ0v) is 15.9. The van der Waals surface area contributed by atoms with Gasteiger partial charge < -0.3 is 0 Å². The average molecular weight is 372 g/mol. The van der Waals surface area contributed by atoms with Gasteiger partial charge in [0.15, 0.2) is 0 Å². The van der Waals surface area contributed by atoms with Crippen molar-refractivity contribution in [2.75, 3.05) is 5.75 Å². The summed E-state index contributed by atoms with van der Waals surface area (Å²) in [4.78, 5) is 13.8. The number of thioether (sulfide) groups is 1. The molecule has 1 heterocycles. The van der Waals surface area contributed by atoms with Crippen LogP contribution in [0.2, 0.25) is 0 Å². The number of nitriles is 2. The molecule has 1 saturated carbocycles. The van der Waals surface area contributed by atoms with E-state index in [1.165, 1.54) is 0 Å². The van der Waals surface area contributed by atoms with Gasteiger partial charge in [-0.1, -0.05) is 48.5 Å². The molecule has 1 fully saturated rings. The van der Waals surface area contributed by atoms with Crippen molar-refractivity contribution in [2.45, 2.75) is 29.6 Å². The smallest absolute Gasteiger partial charge is 0.143 e. The van der Waals surface area contributed by atoms with Crippen molar-refractivity contribution in [3.63, 3.8) is 0 Å². The number of fused-ring (bicyclic) bond motifs is 3. The highest BCUT2D eigenvalue weighted by molar-refractivity contribution is 7.99. The van der Waals surface area contributed by atoms with Crippen molar-refractivity contribution in [3.05, 3.63) is 65.7 Å². The Morgan fingerprint density at radius 1 is 1.11 bits per heavy atom. The number of carbonyl (C=O) groups excluding carboxylic acids is 1. The highest BCUT2D eigenvalue weighted by Gasteiger charge is 2.61. The Bertz CT molecular complexity index is 944. The van der Waals surface area contributed by atoms with Gasteiger partial charge in [-0.05, 0) is 42.4 Å². The number of hydrogen-bond acceptors (Lipinski definition) is 4. The van der Waals surface area contributed by atoms with Gasteiger partial charge in [0.25, 0.3) is 0 Å². The van der Waals surface area contributed by atoms with Gasteiger partial charge in [0, 0.05) is 22.0 Å². The molecule has 4 heteroatoms. The van der Waals surface area contributed by atoms with E-state index in [1.807, 2.05) is 30.3 Å². The molecule has 1 aliphatic heterocycles. The summed E-state index contributed by atoms with van der Waals surface area (Å²) >= 11 is 1.78. The maximum absolute atomic E-state index is 12.7. The Labute approximate surface area is 164 Å². The maximum Gasteiger partial charge on any atom is 0.143 e. The number of benzene rings is 2. The van der Waals surface area contributed by atoms with Crippen LogP contribution in [0.25, 0.3) is 0 Å². The molecule has 0 amide bonds. The second kappa shape index (κ2) is 6.87. The first-order chi connectivity index (χ1) is 13.1. The molecular weight excluding hydrogens is 352 g/mol. The summed E-state index contributed by atoms with van der Waals surface area (Å²) in [6, 6.07) is 22.8. The zero-order valence-electron chi connectivity index (χ0n) is 15.1. The molecule has 0 unspecified atom stereocenters. The summed E-state index contributed by atoms with van der Waals surface area (Å²) in [5.41, 5.74) is 1.62. The van der Waals surface area contributed by atoms with Crippen molar-refractivity contribution in [1.29, 1.82) is 10.5 Å². The van der Waals surface area contributed by atoms with Crippen LogP contribution in [0.1, 0.15) is 30.4 Å². The highest BCUT2D eigenvalue weighted by atomic mass is 32.2. The molecule has 2 aromatic rings. The Hall–Kier alpha value is -2.56. The third-order valence-electron chi connectivity index (χ3n) is 6.37. The molecule has 0 N–H and O–H groups in total. The van der Waals surface area contributed by atoms with Crippen LogP contribution in [0.3, 0.4) is 0 Å². The fraction of sp³-hybridized carbons (Fsp3) is 0.348. The molecule has 2 aromatic carbocycles. The normalized spacial score (nSPS) is 28.7. The number of Topliss-reactive ketones (excluding diaryl/α,β-unsaturated/α-hetero) is 1. The van der Waals surface area contributed by atoms with E-state index in [1.54, 1.807) is 18.7 Å². The van der Waals surface area contributed by atoms with Crippen molar-refractivity contribution in [2.24, 2.45) is 17.8 Å². The number of rotatable bonds is 3. The van der Waals surface area contributed by atoms with Gasteiger partial charge in [-0.25, -0.2) is 0 Å². The lowest BCUT2D eigenvalue weighted by Gasteiger charge is -2.43. The van der Waals surface area contributed by atoms with E-state index in [0.717, 1.165) is 21.8 Å². The van der Waals surface area contributed by atoms with Crippen molar-refractivity contribution in [1.82, 2.24) is 0 Å². The second-order valence-electron chi connectivity index (χ2n) is 7.50. The van der Waals surface area contributed by atoms with Gasteiger partial charge in [0.2, 0.25) is 0 Å². The summed E-state index contributed by atoms with van der Waals surface area (Å²) < 4.78 is 0. The Morgan fingerprint density at radius 2 is 1.78 bits per heavy atom. The lowest BCUT2D eigenvalue weighted by Crippen LogP contribution is -2.42. The van der Waals surface area contributed by atoms with E-state index in [2.05, 4.69) is 36.4 Å². The van der Waals surface area contributed by atoms with Crippen molar-refractivity contribution < 1.29 is 4.79 Å². The summed E-state index contributed by atoms with van der Waals surface area (Å²) in [7, 11) is 0. The van der Waals surface area contributed by atoms with Crippen LogP contribution < -0.4 is 0 Å². The molecule has 0 aromatic heterocycles. The standard InChI is InChI=1S/C23H20N2OS/c1-15(26)18-11-23(17(12-24)13-25)19-9-5-6-10-21(19)27-14-20(23)22(18)16-7-3-2-4-8-16/h2-10,17-18,20,22H,11,14H2,1H3/t18-,20+,22-,23-/m0/s1. The van der Waals surface area contributed by atoms with Gasteiger partial charge in [-0.3, -0.25) is 4.79 Å². The molecule has 1 aliphatic carbocycles. The minimum Gasteiger partial charge on any atom is -0.300 e. The molecular formula is C23H20N2OS. The topological polar surface area (TPSA) is 64.7 Å². The van der Waals surface area contributed by atoms with E-state index < -0.39 is 11.3 Å². The minimum atomic E-state index is -0.764. The van der Waals surface area contributed by atoms with Crippen LogP contribution in [-0.4, -0.2) is 11.5 Å². The molecule has 0 radical (unpaired) electrons. The first kappa shape index (κ1) is 17.8. The van der Waals surface area contributed by atoms with E-state index in [-0.39, 0.29) is 23.5 Å². The van der Waals surface area contributed by atoms with Crippen LogP contribution in [0.5, 0.6) is 0 Å². The van der Waals surface area contributed by atoms with E-state index >= 15 is 0 Å². The van der Waals surface area contributed by atoms with Crippen LogP contribution in [0, 0.1) is 40.4 Å². The molecule has 0 saturated heterocycles. The molecule has 3 nitrogen and oxygen atoms in total. The van der Waals surface area contributed by atoms with Gasteiger partial charge in [-0.15, -0.1) is 11.8 Å².